The van der Waals surface area contributed by atoms with Crippen LogP contribution in [0.3, 0.4) is 0 Å². The average Bonchev–Trinajstić information content (AvgIpc) is 3.19. The van der Waals surface area contributed by atoms with E-state index in [0.29, 0.717) is 5.56 Å². The normalized spacial score (nSPS) is 11.2. The van der Waals surface area contributed by atoms with Gasteiger partial charge in [-0.1, -0.05) is 30.3 Å². The standard InChI is InChI=1S/C22H19NO4/c1-13-7-8-16-15(11-26-20(16)9-13)10-21(25)27-12-19(24)22-14(2)23-18-6-4-3-5-17(18)22/h3-9,11,23H,10,12H2,1-2H3. The quantitative estimate of drug-likeness (QED) is 0.420. The third-order valence-electron chi connectivity index (χ3n) is 4.68. The molecular formula is C22H19NO4. The highest BCUT2D eigenvalue weighted by Crippen LogP contribution is 2.24. The predicted octanol–water partition coefficient (Wildman–Crippen LogP) is 4.50. The highest BCUT2D eigenvalue weighted by atomic mass is 16.5. The molecule has 5 nitrogen and oxygen atoms in total. The number of ether oxygens (including phenoxy) is 1. The van der Waals surface area contributed by atoms with Crippen LogP contribution < -0.4 is 0 Å². The number of rotatable bonds is 5. The molecule has 1 N–H and O–H groups in total. The summed E-state index contributed by atoms with van der Waals surface area (Å²) < 4.78 is 10.7. The Kier molecular flexibility index (Phi) is 4.28. The van der Waals surface area contributed by atoms with Crippen molar-refractivity contribution >= 4 is 33.6 Å². The summed E-state index contributed by atoms with van der Waals surface area (Å²) >= 11 is 0. The van der Waals surface area contributed by atoms with Gasteiger partial charge >= 0.3 is 5.97 Å². The Balaban J connectivity index is 1.45. The number of ketones is 1. The maximum atomic E-state index is 12.6. The number of Topliss-reactive ketones (excluding diaryl/α,β-unsaturated/α-hetero) is 1. The Labute approximate surface area is 155 Å². The fourth-order valence-electron chi connectivity index (χ4n) is 3.39. The number of esters is 1. The Bertz CT molecular complexity index is 1170. The molecule has 0 aliphatic heterocycles. The molecular weight excluding hydrogens is 342 g/mol. The molecule has 0 saturated carbocycles. The summed E-state index contributed by atoms with van der Waals surface area (Å²) in [5.41, 5.74) is 4.82. The van der Waals surface area contributed by atoms with Crippen LogP contribution in [0.1, 0.15) is 27.2 Å². The van der Waals surface area contributed by atoms with Crippen molar-refractivity contribution < 1.29 is 18.7 Å². The van der Waals surface area contributed by atoms with Crippen molar-refractivity contribution in [2.24, 2.45) is 0 Å². The molecule has 5 heteroatoms. The Morgan fingerprint density at radius 1 is 1.07 bits per heavy atom. The molecule has 0 spiro atoms. The van der Waals surface area contributed by atoms with Crippen molar-refractivity contribution in [2.45, 2.75) is 20.3 Å². The van der Waals surface area contributed by atoms with Crippen LogP contribution in [0.15, 0.2) is 53.1 Å². The molecule has 4 rings (SSSR count). The lowest BCUT2D eigenvalue weighted by atomic mass is 10.1. The number of fused-ring (bicyclic) bond motifs is 2. The maximum absolute atomic E-state index is 12.6. The minimum absolute atomic E-state index is 0.0657. The average molecular weight is 361 g/mol. The number of aromatic amines is 1. The first kappa shape index (κ1) is 17.1. The van der Waals surface area contributed by atoms with Crippen LogP contribution in [-0.2, 0) is 16.0 Å². The summed E-state index contributed by atoms with van der Waals surface area (Å²) in [6.07, 6.45) is 1.63. The molecule has 27 heavy (non-hydrogen) atoms. The van der Waals surface area contributed by atoms with Crippen molar-refractivity contribution in [2.75, 3.05) is 6.61 Å². The van der Waals surface area contributed by atoms with E-state index in [4.69, 9.17) is 9.15 Å². The summed E-state index contributed by atoms with van der Waals surface area (Å²) in [5, 5.41) is 1.73. The number of para-hydroxylation sites is 1. The number of hydrogen-bond acceptors (Lipinski definition) is 4. The van der Waals surface area contributed by atoms with Crippen molar-refractivity contribution in [1.29, 1.82) is 0 Å². The Hall–Kier alpha value is -3.34. The monoisotopic (exact) mass is 361 g/mol. The van der Waals surface area contributed by atoms with Crippen LogP contribution in [0.2, 0.25) is 0 Å². The zero-order chi connectivity index (χ0) is 19.0. The Morgan fingerprint density at radius 3 is 2.74 bits per heavy atom. The van der Waals surface area contributed by atoms with Crippen LogP contribution in [0, 0.1) is 13.8 Å². The lowest BCUT2D eigenvalue weighted by molar-refractivity contribution is -0.141. The van der Waals surface area contributed by atoms with Crippen LogP contribution >= 0.6 is 0 Å². The van der Waals surface area contributed by atoms with Gasteiger partial charge in [-0.15, -0.1) is 0 Å². The van der Waals surface area contributed by atoms with E-state index in [1.165, 1.54) is 0 Å². The van der Waals surface area contributed by atoms with Gasteiger partial charge in [-0.25, -0.2) is 0 Å². The smallest absolute Gasteiger partial charge is 0.310 e. The summed E-state index contributed by atoms with van der Waals surface area (Å²) in [4.78, 5) is 28.0. The number of aromatic nitrogens is 1. The number of nitrogens with one attached hydrogen (secondary N) is 1. The van der Waals surface area contributed by atoms with Crippen LogP contribution in [0.4, 0.5) is 0 Å². The molecule has 2 heterocycles. The van der Waals surface area contributed by atoms with E-state index in [-0.39, 0.29) is 18.8 Å². The first-order valence-corrected chi connectivity index (χ1v) is 8.76. The maximum Gasteiger partial charge on any atom is 0.310 e. The number of furan rings is 1. The molecule has 0 atom stereocenters. The topological polar surface area (TPSA) is 72.3 Å². The molecule has 0 fully saturated rings. The third kappa shape index (κ3) is 3.24. The molecule has 136 valence electrons. The molecule has 0 radical (unpaired) electrons. The molecule has 2 aromatic carbocycles. The van der Waals surface area contributed by atoms with Crippen LogP contribution in [0.5, 0.6) is 0 Å². The van der Waals surface area contributed by atoms with Crippen LogP contribution in [0.25, 0.3) is 21.9 Å². The lowest BCUT2D eigenvalue weighted by Crippen LogP contribution is -2.16. The van der Waals surface area contributed by atoms with Crippen molar-refractivity contribution in [3.8, 4) is 0 Å². The molecule has 0 saturated heterocycles. The van der Waals surface area contributed by atoms with Gasteiger partial charge in [-0.05, 0) is 31.5 Å². The van der Waals surface area contributed by atoms with Gasteiger partial charge in [0.15, 0.2) is 6.61 Å². The minimum atomic E-state index is -0.455. The third-order valence-corrected chi connectivity index (χ3v) is 4.68. The number of hydrogen-bond donors (Lipinski definition) is 1. The summed E-state index contributed by atoms with van der Waals surface area (Å²) in [5.74, 6) is -0.671. The first-order chi connectivity index (χ1) is 13.0. The summed E-state index contributed by atoms with van der Waals surface area (Å²) in [6, 6.07) is 13.4. The van der Waals surface area contributed by atoms with Gasteiger partial charge in [0.2, 0.25) is 5.78 Å². The molecule has 0 bridgehead atoms. The highest BCUT2D eigenvalue weighted by molar-refractivity contribution is 6.10. The molecule has 0 amide bonds. The zero-order valence-corrected chi connectivity index (χ0v) is 15.2. The summed E-state index contributed by atoms with van der Waals surface area (Å²) in [6.45, 7) is 3.54. The molecule has 4 aromatic rings. The fraction of sp³-hybridized carbons (Fsp3) is 0.182. The molecule has 0 aliphatic rings. The van der Waals surface area contributed by atoms with E-state index in [0.717, 1.165) is 38.7 Å². The highest BCUT2D eigenvalue weighted by Gasteiger charge is 2.18. The van der Waals surface area contributed by atoms with Crippen molar-refractivity contribution in [1.82, 2.24) is 4.98 Å². The number of H-pyrrole nitrogens is 1. The zero-order valence-electron chi connectivity index (χ0n) is 15.2. The van der Waals surface area contributed by atoms with Crippen molar-refractivity contribution in [3.05, 3.63) is 71.1 Å². The minimum Gasteiger partial charge on any atom is -0.464 e. The fourth-order valence-corrected chi connectivity index (χ4v) is 3.39. The van der Waals surface area contributed by atoms with Crippen LogP contribution in [-0.4, -0.2) is 23.3 Å². The second-order valence-electron chi connectivity index (χ2n) is 6.69. The molecule has 0 aliphatic carbocycles. The Morgan fingerprint density at radius 2 is 1.89 bits per heavy atom. The van der Waals surface area contributed by atoms with Crippen molar-refractivity contribution in [3.63, 3.8) is 0 Å². The largest absolute Gasteiger partial charge is 0.464 e. The van der Waals surface area contributed by atoms with Gasteiger partial charge in [-0.2, -0.15) is 0 Å². The number of benzene rings is 2. The van der Waals surface area contributed by atoms with E-state index >= 15 is 0 Å². The first-order valence-electron chi connectivity index (χ1n) is 8.76. The van der Waals surface area contributed by atoms with E-state index in [1.807, 2.05) is 56.3 Å². The van der Waals surface area contributed by atoms with Gasteiger partial charge < -0.3 is 14.1 Å². The van der Waals surface area contributed by atoms with Gasteiger partial charge in [0.25, 0.3) is 0 Å². The SMILES string of the molecule is Cc1ccc2c(CC(=O)OCC(=O)c3c(C)[nH]c4ccccc34)coc2c1. The second kappa shape index (κ2) is 6.76. The lowest BCUT2D eigenvalue weighted by Gasteiger charge is -2.04. The number of carbonyl (C=O) groups is 2. The second-order valence-corrected chi connectivity index (χ2v) is 6.69. The van der Waals surface area contributed by atoms with Gasteiger partial charge in [0.05, 0.1) is 12.7 Å². The van der Waals surface area contributed by atoms with Gasteiger partial charge in [-0.3, -0.25) is 9.59 Å². The van der Waals surface area contributed by atoms with E-state index < -0.39 is 5.97 Å². The number of aryl methyl sites for hydroxylation is 2. The van der Waals surface area contributed by atoms with Gasteiger partial charge in [0.1, 0.15) is 5.58 Å². The molecule has 0 unspecified atom stereocenters. The summed E-state index contributed by atoms with van der Waals surface area (Å²) in [7, 11) is 0. The van der Waals surface area contributed by atoms with Gasteiger partial charge in [0, 0.05) is 33.1 Å². The molecule has 2 aromatic heterocycles. The van der Waals surface area contributed by atoms with E-state index in [9.17, 15) is 9.59 Å². The number of carbonyl (C=O) groups excluding carboxylic acids is 2. The predicted molar refractivity (Wildman–Crippen MR) is 103 cm³/mol. The van der Waals surface area contributed by atoms with E-state index in [2.05, 4.69) is 4.98 Å². The van der Waals surface area contributed by atoms with E-state index in [1.54, 1.807) is 6.26 Å².